The highest BCUT2D eigenvalue weighted by atomic mass is 16.5. The number of rotatable bonds is 4. The molecule has 4 nitrogen and oxygen atoms in total. The number of benzene rings is 3. The van der Waals surface area contributed by atoms with E-state index in [-0.39, 0.29) is 0 Å². The third-order valence-corrected chi connectivity index (χ3v) is 4.17. The van der Waals surface area contributed by atoms with E-state index in [2.05, 4.69) is 17.1 Å². The molecule has 4 rings (SSSR count). The van der Waals surface area contributed by atoms with Crippen molar-refractivity contribution in [2.45, 2.75) is 0 Å². The van der Waals surface area contributed by atoms with E-state index in [1.807, 2.05) is 66.7 Å². The lowest BCUT2D eigenvalue weighted by atomic mass is 10.1. The summed E-state index contributed by atoms with van der Waals surface area (Å²) in [4.78, 5) is 3.44. The van der Waals surface area contributed by atoms with E-state index in [1.54, 1.807) is 6.07 Å². The zero-order chi connectivity index (χ0) is 17.9. The van der Waals surface area contributed by atoms with Gasteiger partial charge in [-0.1, -0.05) is 18.2 Å². The van der Waals surface area contributed by atoms with Gasteiger partial charge in [-0.25, -0.2) is 0 Å². The Morgan fingerprint density at radius 2 is 1.19 bits per heavy atom. The molecule has 3 aromatic carbocycles. The number of H-pyrrole nitrogens is 1. The molecule has 0 amide bonds. The van der Waals surface area contributed by atoms with Crippen LogP contribution in [0.25, 0.3) is 22.5 Å². The summed E-state index contributed by atoms with van der Waals surface area (Å²) < 4.78 is 5.83. The largest absolute Gasteiger partial charge is 0.457 e. The number of nitrogen functional groups attached to an aromatic ring is 2. The van der Waals surface area contributed by atoms with Crippen molar-refractivity contribution in [3.05, 3.63) is 84.9 Å². The van der Waals surface area contributed by atoms with E-state index in [0.29, 0.717) is 5.69 Å². The molecule has 0 unspecified atom stereocenters. The van der Waals surface area contributed by atoms with Crippen LogP contribution < -0.4 is 16.2 Å². The van der Waals surface area contributed by atoms with Gasteiger partial charge in [0.25, 0.3) is 0 Å². The molecule has 1 heterocycles. The molecule has 1 aromatic heterocycles. The summed E-state index contributed by atoms with van der Waals surface area (Å²) in [5.74, 6) is 1.49. The molecule has 0 saturated heterocycles. The molecule has 5 N–H and O–H groups in total. The standard InChI is InChI=1S/C22H19N3O/c23-17-8-4-15(5-9-17)21-12-13-22(25-21)16-6-10-19(11-7-16)26-20-3-1-2-18(24)14-20/h1-14,25H,23-24H2. The fourth-order valence-electron chi connectivity index (χ4n) is 2.81. The van der Waals surface area contributed by atoms with Gasteiger partial charge in [0, 0.05) is 28.8 Å². The van der Waals surface area contributed by atoms with E-state index >= 15 is 0 Å². The van der Waals surface area contributed by atoms with Gasteiger partial charge in [0.1, 0.15) is 11.5 Å². The molecule has 0 bridgehead atoms. The van der Waals surface area contributed by atoms with Crippen molar-refractivity contribution in [2.75, 3.05) is 11.5 Å². The smallest absolute Gasteiger partial charge is 0.129 e. The molecule has 0 saturated carbocycles. The molecule has 4 aromatic rings. The van der Waals surface area contributed by atoms with E-state index in [4.69, 9.17) is 16.2 Å². The Kier molecular flexibility index (Phi) is 4.07. The van der Waals surface area contributed by atoms with Crippen LogP contribution in [-0.2, 0) is 0 Å². The van der Waals surface area contributed by atoms with Gasteiger partial charge in [-0.05, 0) is 71.8 Å². The third kappa shape index (κ3) is 3.39. The van der Waals surface area contributed by atoms with Crippen LogP contribution >= 0.6 is 0 Å². The molecule has 0 aliphatic rings. The lowest BCUT2D eigenvalue weighted by Crippen LogP contribution is -1.88. The van der Waals surface area contributed by atoms with Crippen LogP contribution in [0.5, 0.6) is 11.5 Å². The molecular weight excluding hydrogens is 322 g/mol. The maximum atomic E-state index is 5.83. The molecule has 128 valence electrons. The third-order valence-electron chi connectivity index (χ3n) is 4.17. The highest BCUT2D eigenvalue weighted by Crippen LogP contribution is 2.28. The first-order chi connectivity index (χ1) is 12.7. The van der Waals surface area contributed by atoms with Crippen molar-refractivity contribution >= 4 is 11.4 Å². The Balaban J connectivity index is 1.53. The second kappa shape index (κ2) is 6.69. The second-order valence-corrected chi connectivity index (χ2v) is 6.11. The molecule has 0 aliphatic heterocycles. The first-order valence-corrected chi connectivity index (χ1v) is 8.36. The molecule has 0 radical (unpaired) electrons. The van der Waals surface area contributed by atoms with Crippen molar-refractivity contribution in [2.24, 2.45) is 0 Å². The lowest BCUT2D eigenvalue weighted by molar-refractivity contribution is 0.483. The van der Waals surface area contributed by atoms with Crippen LogP contribution in [0.3, 0.4) is 0 Å². The first-order valence-electron chi connectivity index (χ1n) is 8.36. The Hall–Kier alpha value is -3.66. The first kappa shape index (κ1) is 15.8. The van der Waals surface area contributed by atoms with Crippen LogP contribution in [-0.4, -0.2) is 4.98 Å². The summed E-state index contributed by atoms with van der Waals surface area (Å²) in [5, 5.41) is 0. The number of nitrogens with two attached hydrogens (primary N) is 2. The molecule has 4 heteroatoms. The van der Waals surface area contributed by atoms with Gasteiger partial charge < -0.3 is 21.2 Å². The highest BCUT2D eigenvalue weighted by Gasteiger charge is 2.05. The number of aromatic amines is 1. The number of aromatic nitrogens is 1. The Bertz CT molecular complexity index is 1020. The average molecular weight is 341 g/mol. The number of nitrogens with one attached hydrogen (secondary N) is 1. The molecule has 0 atom stereocenters. The second-order valence-electron chi connectivity index (χ2n) is 6.11. The summed E-state index contributed by atoms with van der Waals surface area (Å²) in [6.07, 6.45) is 0. The van der Waals surface area contributed by atoms with Crippen LogP contribution in [0.1, 0.15) is 0 Å². The van der Waals surface area contributed by atoms with Crippen molar-refractivity contribution < 1.29 is 4.74 Å². The molecule has 0 fully saturated rings. The van der Waals surface area contributed by atoms with E-state index in [9.17, 15) is 0 Å². The Labute approximate surface area is 152 Å². The van der Waals surface area contributed by atoms with Crippen molar-refractivity contribution in [1.29, 1.82) is 0 Å². The average Bonchev–Trinajstić information content (AvgIpc) is 3.13. The zero-order valence-electron chi connectivity index (χ0n) is 14.1. The van der Waals surface area contributed by atoms with Crippen LogP contribution in [0.15, 0.2) is 84.9 Å². The molecule has 0 spiro atoms. The predicted molar refractivity (Wildman–Crippen MR) is 107 cm³/mol. The molecule has 26 heavy (non-hydrogen) atoms. The van der Waals surface area contributed by atoms with Gasteiger partial charge >= 0.3 is 0 Å². The van der Waals surface area contributed by atoms with E-state index < -0.39 is 0 Å². The number of ether oxygens (including phenoxy) is 1. The van der Waals surface area contributed by atoms with Crippen molar-refractivity contribution in [3.63, 3.8) is 0 Å². The van der Waals surface area contributed by atoms with E-state index in [1.165, 1.54) is 0 Å². The van der Waals surface area contributed by atoms with Crippen LogP contribution in [0.2, 0.25) is 0 Å². The van der Waals surface area contributed by atoms with Gasteiger partial charge in [-0.2, -0.15) is 0 Å². The fraction of sp³-hybridized carbons (Fsp3) is 0. The minimum absolute atomic E-state index is 0.681. The van der Waals surface area contributed by atoms with Crippen molar-refractivity contribution in [3.8, 4) is 34.0 Å². The summed E-state index contributed by atoms with van der Waals surface area (Å²) in [6.45, 7) is 0. The molecular formula is C22H19N3O. The number of hydrogen-bond acceptors (Lipinski definition) is 3. The number of anilines is 2. The topological polar surface area (TPSA) is 77.1 Å². The van der Waals surface area contributed by atoms with Gasteiger partial charge in [-0.15, -0.1) is 0 Å². The number of hydrogen-bond donors (Lipinski definition) is 3. The van der Waals surface area contributed by atoms with Crippen molar-refractivity contribution in [1.82, 2.24) is 4.98 Å². The SMILES string of the molecule is Nc1ccc(-c2ccc(-c3ccc(Oc4cccc(N)c4)cc3)[nH]2)cc1. The van der Waals surface area contributed by atoms with Gasteiger partial charge in [0.15, 0.2) is 0 Å². The predicted octanol–water partition coefficient (Wildman–Crippen LogP) is 5.31. The molecule has 0 aliphatic carbocycles. The van der Waals surface area contributed by atoms with Crippen LogP contribution in [0, 0.1) is 0 Å². The Morgan fingerprint density at radius 3 is 1.81 bits per heavy atom. The van der Waals surface area contributed by atoms with Crippen LogP contribution in [0.4, 0.5) is 11.4 Å². The van der Waals surface area contributed by atoms with E-state index in [0.717, 1.165) is 39.7 Å². The summed E-state index contributed by atoms with van der Waals surface area (Å²) in [6, 6.07) is 27.3. The van der Waals surface area contributed by atoms with Gasteiger partial charge in [-0.3, -0.25) is 0 Å². The zero-order valence-corrected chi connectivity index (χ0v) is 14.1. The Morgan fingerprint density at radius 1 is 0.577 bits per heavy atom. The maximum absolute atomic E-state index is 5.83. The normalized spacial score (nSPS) is 10.6. The minimum Gasteiger partial charge on any atom is -0.457 e. The minimum atomic E-state index is 0.681. The summed E-state index contributed by atoms with van der Waals surface area (Å²) >= 11 is 0. The summed E-state index contributed by atoms with van der Waals surface area (Å²) in [5.41, 5.74) is 17.3. The quantitative estimate of drug-likeness (QED) is 0.440. The summed E-state index contributed by atoms with van der Waals surface area (Å²) in [7, 11) is 0. The van der Waals surface area contributed by atoms with Gasteiger partial charge in [0.05, 0.1) is 0 Å². The van der Waals surface area contributed by atoms with Gasteiger partial charge in [0.2, 0.25) is 0 Å². The monoisotopic (exact) mass is 341 g/mol. The maximum Gasteiger partial charge on any atom is 0.129 e. The fourth-order valence-corrected chi connectivity index (χ4v) is 2.81. The highest BCUT2D eigenvalue weighted by molar-refractivity contribution is 5.69. The lowest BCUT2D eigenvalue weighted by Gasteiger charge is -2.07.